The summed E-state index contributed by atoms with van der Waals surface area (Å²) in [6.07, 6.45) is 5.72. The Labute approximate surface area is 208 Å². The van der Waals surface area contributed by atoms with Gasteiger partial charge in [-0.25, -0.2) is 9.97 Å². The quantitative estimate of drug-likeness (QED) is 0.327. The molecule has 3 aromatic heterocycles. The van der Waals surface area contributed by atoms with Crippen LogP contribution in [0.1, 0.15) is 62.4 Å². The molecule has 3 heterocycles. The average molecular weight is 489 g/mol. The van der Waals surface area contributed by atoms with Gasteiger partial charge in [-0.2, -0.15) is 0 Å². The molecule has 0 fully saturated rings. The maximum absolute atomic E-state index is 13.0. The van der Waals surface area contributed by atoms with Gasteiger partial charge in [0.25, 0.3) is 5.91 Å². The maximum atomic E-state index is 13.0. The lowest BCUT2D eigenvalue weighted by molar-refractivity contribution is 0.0997. The third-order valence-corrected chi connectivity index (χ3v) is 7.40. The first-order chi connectivity index (χ1) is 17.0. The molecule has 0 radical (unpaired) electrons. The summed E-state index contributed by atoms with van der Waals surface area (Å²) in [5.74, 6) is 1.31. The lowest BCUT2D eigenvalue weighted by Crippen LogP contribution is -2.20. The van der Waals surface area contributed by atoms with E-state index in [0.717, 1.165) is 58.9 Å². The molecule has 0 saturated heterocycles. The number of nitrogens with one attached hydrogen (secondary N) is 2. The SMILES string of the molecule is COc1ccccc1C(Nc1nc(C)cc(C)n1)c1c(NC(=O)c2ccco2)sc2c1CCCC2. The summed E-state index contributed by atoms with van der Waals surface area (Å²) >= 11 is 1.65. The number of para-hydroxylation sites is 1. The van der Waals surface area contributed by atoms with Crippen molar-refractivity contribution in [2.45, 2.75) is 45.6 Å². The summed E-state index contributed by atoms with van der Waals surface area (Å²) in [5.41, 5.74) is 5.05. The predicted octanol–water partition coefficient (Wildman–Crippen LogP) is 6.09. The number of aromatic nitrogens is 2. The van der Waals surface area contributed by atoms with Gasteiger partial charge in [-0.3, -0.25) is 4.79 Å². The molecular weight excluding hydrogens is 460 g/mol. The van der Waals surface area contributed by atoms with Crippen LogP contribution < -0.4 is 15.4 Å². The number of methoxy groups -OCH3 is 1. The zero-order chi connectivity index (χ0) is 24.4. The molecule has 180 valence electrons. The highest BCUT2D eigenvalue weighted by molar-refractivity contribution is 7.16. The highest BCUT2D eigenvalue weighted by Crippen LogP contribution is 2.46. The number of hydrogen-bond acceptors (Lipinski definition) is 7. The number of nitrogens with zero attached hydrogens (tertiary/aromatic N) is 2. The zero-order valence-electron chi connectivity index (χ0n) is 20.1. The van der Waals surface area contributed by atoms with Crippen LogP contribution in [0.3, 0.4) is 0 Å². The van der Waals surface area contributed by atoms with E-state index in [1.807, 2.05) is 44.2 Å². The first kappa shape index (κ1) is 23.1. The number of anilines is 2. The molecule has 1 aromatic carbocycles. The summed E-state index contributed by atoms with van der Waals surface area (Å²) in [6, 6.07) is 13.0. The number of hydrogen-bond donors (Lipinski definition) is 2. The van der Waals surface area contributed by atoms with Crippen molar-refractivity contribution in [1.29, 1.82) is 0 Å². The van der Waals surface area contributed by atoms with Crippen LogP contribution in [0.25, 0.3) is 0 Å². The van der Waals surface area contributed by atoms with E-state index in [2.05, 4.69) is 20.6 Å². The Bertz CT molecular complexity index is 1330. The first-order valence-electron chi connectivity index (χ1n) is 11.7. The molecule has 0 bridgehead atoms. The Balaban J connectivity index is 1.66. The Morgan fingerprint density at radius 1 is 1.09 bits per heavy atom. The fourth-order valence-electron chi connectivity index (χ4n) is 4.69. The summed E-state index contributed by atoms with van der Waals surface area (Å²) < 4.78 is 11.1. The third kappa shape index (κ3) is 4.79. The van der Waals surface area contributed by atoms with Crippen molar-refractivity contribution in [3.05, 3.63) is 87.4 Å². The number of benzene rings is 1. The third-order valence-electron chi connectivity index (χ3n) is 6.18. The molecule has 5 rings (SSSR count). The minimum atomic E-state index is -0.322. The second-order valence-electron chi connectivity index (χ2n) is 8.68. The molecule has 1 aliphatic carbocycles. The lowest BCUT2D eigenvalue weighted by atomic mass is 9.89. The Morgan fingerprint density at radius 2 is 1.86 bits per heavy atom. The van der Waals surface area contributed by atoms with Gasteiger partial charge in [0, 0.05) is 27.4 Å². The lowest BCUT2D eigenvalue weighted by Gasteiger charge is -2.25. The Hall–Kier alpha value is -3.65. The van der Waals surface area contributed by atoms with E-state index in [0.29, 0.717) is 5.95 Å². The van der Waals surface area contributed by atoms with E-state index >= 15 is 0 Å². The molecular formula is C27H28N4O3S. The van der Waals surface area contributed by atoms with E-state index in [1.165, 1.54) is 16.7 Å². The van der Waals surface area contributed by atoms with Crippen molar-refractivity contribution in [3.8, 4) is 5.75 Å². The largest absolute Gasteiger partial charge is 0.496 e. The fourth-order valence-corrected chi connectivity index (χ4v) is 6.01. The van der Waals surface area contributed by atoms with Crippen molar-refractivity contribution in [3.63, 3.8) is 0 Å². The van der Waals surface area contributed by atoms with Crippen LogP contribution in [0.5, 0.6) is 5.75 Å². The van der Waals surface area contributed by atoms with E-state index < -0.39 is 0 Å². The molecule has 4 aromatic rings. The molecule has 0 aliphatic heterocycles. The van der Waals surface area contributed by atoms with Crippen LogP contribution in [0.15, 0.2) is 53.1 Å². The van der Waals surface area contributed by atoms with Gasteiger partial charge in [0.2, 0.25) is 5.95 Å². The molecule has 1 unspecified atom stereocenters. The van der Waals surface area contributed by atoms with Gasteiger partial charge in [-0.15, -0.1) is 11.3 Å². The summed E-state index contributed by atoms with van der Waals surface area (Å²) in [4.78, 5) is 23.6. The summed E-state index contributed by atoms with van der Waals surface area (Å²) in [5, 5.41) is 7.52. The van der Waals surface area contributed by atoms with Gasteiger partial charge in [0.15, 0.2) is 5.76 Å². The highest BCUT2D eigenvalue weighted by Gasteiger charge is 2.31. The molecule has 7 nitrogen and oxygen atoms in total. The minimum Gasteiger partial charge on any atom is -0.496 e. The van der Waals surface area contributed by atoms with Crippen LogP contribution in [0, 0.1) is 13.8 Å². The number of ether oxygens (including phenoxy) is 1. The number of fused-ring (bicyclic) bond motifs is 1. The van der Waals surface area contributed by atoms with Gasteiger partial charge in [0.1, 0.15) is 10.8 Å². The zero-order valence-corrected chi connectivity index (χ0v) is 20.9. The van der Waals surface area contributed by atoms with Gasteiger partial charge in [-0.05, 0) is 69.4 Å². The topological polar surface area (TPSA) is 89.3 Å². The normalized spacial score (nSPS) is 13.7. The number of amides is 1. The van der Waals surface area contributed by atoms with Gasteiger partial charge < -0.3 is 19.8 Å². The molecule has 35 heavy (non-hydrogen) atoms. The van der Waals surface area contributed by atoms with Crippen LogP contribution in [0.4, 0.5) is 10.9 Å². The Morgan fingerprint density at radius 3 is 2.60 bits per heavy atom. The number of furan rings is 1. The van der Waals surface area contributed by atoms with Crippen molar-refractivity contribution < 1.29 is 13.9 Å². The summed E-state index contributed by atoms with van der Waals surface area (Å²) in [6.45, 7) is 3.92. The van der Waals surface area contributed by atoms with E-state index in [-0.39, 0.29) is 17.7 Å². The van der Waals surface area contributed by atoms with Gasteiger partial charge in [-0.1, -0.05) is 18.2 Å². The fraction of sp³-hybridized carbons (Fsp3) is 0.296. The van der Waals surface area contributed by atoms with Crippen molar-refractivity contribution in [2.75, 3.05) is 17.7 Å². The molecule has 0 spiro atoms. The van der Waals surface area contributed by atoms with Crippen LogP contribution in [-0.4, -0.2) is 23.0 Å². The van der Waals surface area contributed by atoms with Crippen molar-refractivity contribution in [1.82, 2.24) is 9.97 Å². The minimum absolute atomic E-state index is 0.267. The monoisotopic (exact) mass is 488 g/mol. The second-order valence-corrected chi connectivity index (χ2v) is 9.78. The van der Waals surface area contributed by atoms with Gasteiger partial charge in [0.05, 0.1) is 19.4 Å². The number of carbonyl (C=O) groups is 1. The predicted molar refractivity (Wildman–Crippen MR) is 138 cm³/mol. The summed E-state index contributed by atoms with van der Waals surface area (Å²) in [7, 11) is 1.67. The van der Waals surface area contributed by atoms with E-state index in [4.69, 9.17) is 9.15 Å². The van der Waals surface area contributed by atoms with Crippen LogP contribution in [-0.2, 0) is 12.8 Å². The number of thiophene rings is 1. The average Bonchev–Trinajstić information content (AvgIpc) is 3.50. The maximum Gasteiger partial charge on any atom is 0.291 e. The molecule has 1 amide bonds. The molecule has 0 saturated carbocycles. The standard InChI is InChI=1S/C27H28N4O3S/c1-16-15-17(2)29-27(28-16)30-24(18-9-4-6-11-20(18)33-3)23-19-10-5-7-13-22(19)35-26(23)31-25(32)21-12-8-14-34-21/h4,6,8-9,11-12,14-15,24H,5,7,10,13H2,1-3H3,(H,31,32)(H,28,29,30). The van der Waals surface area contributed by atoms with Crippen molar-refractivity contribution in [2.24, 2.45) is 0 Å². The number of carbonyl (C=O) groups excluding carboxylic acids is 1. The van der Waals surface area contributed by atoms with Crippen LogP contribution in [0.2, 0.25) is 0 Å². The number of aryl methyl sites for hydroxylation is 3. The molecule has 1 aliphatic rings. The van der Waals surface area contributed by atoms with Gasteiger partial charge >= 0.3 is 0 Å². The van der Waals surface area contributed by atoms with Crippen LogP contribution >= 0.6 is 11.3 Å². The van der Waals surface area contributed by atoms with E-state index in [9.17, 15) is 4.79 Å². The molecule has 1 atom stereocenters. The smallest absolute Gasteiger partial charge is 0.291 e. The molecule has 2 N–H and O–H groups in total. The molecule has 8 heteroatoms. The first-order valence-corrected chi connectivity index (χ1v) is 12.6. The van der Waals surface area contributed by atoms with E-state index in [1.54, 1.807) is 30.6 Å². The second kappa shape index (κ2) is 9.92. The number of rotatable bonds is 7. The van der Waals surface area contributed by atoms with Crippen molar-refractivity contribution >= 4 is 28.2 Å². The highest BCUT2D eigenvalue weighted by atomic mass is 32.1. The Kier molecular flexibility index (Phi) is 6.55.